The number of hydrogen-bond donors (Lipinski definition) is 1. The van der Waals surface area contributed by atoms with Crippen LogP contribution in [0.1, 0.15) is 0 Å². The van der Waals surface area contributed by atoms with Crippen molar-refractivity contribution in [2.24, 2.45) is 0 Å². The molecule has 4 heteroatoms. The zero-order valence-electron chi connectivity index (χ0n) is 8.74. The minimum Gasteiger partial charge on any atom is -0.303 e. The van der Waals surface area contributed by atoms with Gasteiger partial charge in [-0.2, -0.15) is 0 Å². The van der Waals surface area contributed by atoms with Gasteiger partial charge in [-0.25, -0.2) is 0 Å². The van der Waals surface area contributed by atoms with Crippen LogP contribution in [0.2, 0.25) is 5.02 Å². The average Bonchev–Trinajstić information content (AvgIpc) is 2.17. The van der Waals surface area contributed by atoms with E-state index in [1.165, 1.54) is 4.90 Å². The summed E-state index contributed by atoms with van der Waals surface area (Å²) in [6.45, 7) is 3.28. The highest BCUT2D eigenvalue weighted by atomic mass is 35.5. The van der Waals surface area contributed by atoms with Crippen molar-refractivity contribution in [2.45, 2.75) is 10.3 Å². The average molecular weight is 243 g/mol. The second kappa shape index (κ2) is 5.21. The maximum atomic E-state index is 5.95. The molecule has 1 fully saturated rings. The largest absolute Gasteiger partial charge is 0.303 e. The van der Waals surface area contributed by atoms with Crippen LogP contribution in [0.3, 0.4) is 0 Å². The van der Waals surface area contributed by atoms with Gasteiger partial charge >= 0.3 is 0 Å². The molecule has 0 saturated carbocycles. The van der Waals surface area contributed by atoms with E-state index in [9.17, 15) is 0 Å². The van der Waals surface area contributed by atoms with Gasteiger partial charge in [0, 0.05) is 29.6 Å². The summed E-state index contributed by atoms with van der Waals surface area (Å²) >= 11 is 7.79. The van der Waals surface area contributed by atoms with Crippen molar-refractivity contribution in [1.29, 1.82) is 0 Å². The van der Waals surface area contributed by atoms with Gasteiger partial charge in [-0.3, -0.25) is 0 Å². The van der Waals surface area contributed by atoms with Gasteiger partial charge in [-0.1, -0.05) is 17.7 Å². The molecule has 1 aromatic rings. The van der Waals surface area contributed by atoms with Crippen LogP contribution in [0.15, 0.2) is 29.2 Å². The first-order valence-electron chi connectivity index (χ1n) is 5.08. The molecule has 1 N–H and O–H groups in total. The van der Waals surface area contributed by atoms with E-state index >= 15 is 0 Å². The lowest BCUT2D eigenvalue weighted by molar-refractivity contribution is 0.278. The van der Waals surface area contributed by atoms with Gasteiger partial charge in [0.05, 0.1) is 5.37 Å². The molecule has 15 heavy (non-hydrogen) atoms. The zero-order chi connectivity index (χ0) is 10.7. The van der Waals surface area contributed by atoms with Gasteiger partial charge in [-0.15, -0.1) is 11.8 Å². The summed E-state index contributed by atoms with van der Waals surface area (Å²) in [5.74, 6) is 0. The molecule has 1 aliphatic rings. The number of piperazine rings is 1. The minimum atomic E-state index is 0.474. The third-order valence-corrected chi connectivity index (χ3v) is 3.78. The summed E-state index contributed by atoms with van der Waals surface area (Å²) < 4.78 is 0. The Morgan fingerprint density at radius 2 is 2.40 bits per heavy atom. The molecule has 1 aliphatic heterocycles. The van der Waals surface area contributed by atoms with Crippen molar-refractivity contribution < 1.29 is 0 Å². The van der Waals surface area contributed by atoms with Gasteiger partial charge in [-0.05, 0) is 25.2 Å². The standard InChI is InChI=1S/C11H15ClN2S/c1-14-6-5-13-11(8-14)15-10-4-2-3-9(12)7-10/h2-4,7,11,13H,5-6,8H2,1H3. The number of hydrogen-bond acceptors (Lipinski definition) is 3. The number of nitrogens with one attached hydrogen (secondary N) is 1. The number of halogens is 1. The molecule has 0 bridgehead atoms. The van der Waals surface area contributed by atoms with E-state index in [-0.39, 0.29) is 0 Å². The van der Waals surface area contributed by atoms with E-state index in [4.69, 9.17) is 11.6 Å². The molecule has 1 unspecified atom stereocenters. The van der Waals surface area contributed by atoms with E-state index in [0.717, 1.165) is 24.7 Å². The van der Waals surface area contributed by atoms with Gasteiger partial charge < -0.3 is 10.2 Å². The van der Waals surface area contributed by atoms with Crippen LogP contribution in [0.4, 0.5) is 0 Å². The molecular formula is C11H15ClN2S. The number of benzene rings is 1. The van der Waals surface area contributed by atoms with E-state index in [1.54, 1.807) is 0 Å². The monoisotopic (exact) mass is 242 g/mol. The van der Waals surface area contributed by atoms with Gasteiger partial charge in [0.25, 0.3) is 0 Å². The van der Waals surface area contributed by atoms with Crippen LogP contribution in [0.25, 0.3) is 0 Å². The number of rotatable bonds is 2. The van der Waals surface area contributed by atoms with Crippen molar-refractivity contribution in [3.63, 3.8) is 0 Å². The van der Waals surface area contributed by atoms with Crippen LogP contribution < -0.4 is 5.32 Å². The maximum Gasteiger partial charge on any atom is 0.0708 e. The van der Waals surface area contributed by atoms with Crippen LogP contribution in [0.5, 0.6) is 0 Å². The van der Waals surface area contributed by atoms with Crippen LogP contribution in [-0.2, 0) is 0 Å². The van der Waals surface area contributed by atoms with Crippen LogP contribution >= 0.6 is 23.4 Å². The third-order valence-electron chi connectivity index (χ3n) is 2.42. The first kappa shape index (κ1) is 11.3. The molecule has 1 aromatic carbocycles. The Hall–Kier alpha value is -0.220. The smallest absolute Gasteiger partial charge is 0.0708 e. The fourth-order valence-electron chi connectivity index (χ4n) is 1.64. The molecule has 0 amide bonds. The Morgan fingerprint density at radius 1 is 1.53 bits per heavy atom. The lowest BCUT2D eigenvalue weighted by Crippen LogP contribution is -2.47. The fraction of sp³-hybridized carbons (Fsp3) is 0.455. The Balaban J connectivity index is 1.96. The lowest BCUT2D eigenvalue weighted by Gasteiger charge is -2.30. The molecule has 1 atom stereocenters. The van der Waals surface area contributed by atoms with Gasteiger partial charge in [0.1, 0.15) is 0 Å². The number of thioether (sulfide) groups is 1. The van der Waals surface area contributed by atoms with Crippen molar-refractivity contribution in [2.75, 3.05) is 26.7 Å². The van der Waals surface area contributed by atoms with E-state index in [2.05, 4.69) is 23.3 Å². The Labute approximate surface area is 100.0 Å². The Bertz CT molecular complexity index is 332. The second-order valence-corrected chi connectivity index (χ2v) is 5.49. The molecule has 0 spiro atoms. The quantitative estimate of drug-likeness (QED) is 0.857. The minimum absolute atomic E-state index is 0.474. The van der Waals surface area contributed by atoms with E-state index in [0.29, 0.717) is 5.37 Å². The SMILES string of the molecule is CN1CCNC(Sc2cccc(Cl)c2)C1. The Morgan fingerprint density at radius 3 is 3.13 bits per heavy atom. The molecule has 0 aromatic heterocycles. The molecule has 0 aliphatic carbocycles. The number of likely N-dealkylation sites (N-methyl/N-ethyl adjacent to an activating group) is 1. The molecule has 0 radical (unpaired) electrons. The van der Waals surface area contributed by atoms with Crippen molar-refractivity contribution in [3.05, 3.63) is 29.3 Å². The predicted molar refractivity (Wildman–Crippen MR) is 66.6 cm³/mol. The summed E-state index contributed by atoms with van der Waals surface area (Å²) in [4.78, 5) is 3.58. The predicted octanol–water partition coefficient (Wildman–Crippen LogP) is 2.29. The maximum absolute atomic E-state index is 5.95. The first-order chi connectivity index (χ1) is 7.24. The third kappa shape index (κ3) is 3.38. The summed E-state index contributed by atoms with van der Waals surface area (Å²) in [7, 11) is 2.16. The van der Waals surface area contributed by atoms with Crippen LogP contribution in [0, 0.1) is 0 Å². The zero-order valence-corrected chi connectivity index (χ0v) is 10.3. The summed E-state index contributed by atoms with van der Waals surface area (Å²) in [6.07, 6.45) is 0. The summed E-state index contributed by atoms with van der Waals surface area (Å²) in [6, 6.07) is 8.03. The second-order valence-electron chi connectivity index (χ2n) is 3.78. The highest BCUT2D eigenvalue weighted by Gasteiger charge is 2.16. The summed E-state index contributed by atoms with van der Waals surface area (Å²) in [5.41, 5.74) is 0. The lowest BCUT2D eigenvalue weighted by atomic mass is 10.4. The molecule has 2 rings (SSSR count). The van der Waals surface area contributed by atoms with Crippen LogP contribution in [-0.4, -0.2) is 37.0 Å². The van der Waals surface area contributed by atoms with Crippen molar-refractivity contribution in [1.82, 2.24) is 10.2 Å². The molecule has 82 valence electrons. The molecule has 1 heterocycles. The normalized spacial score (nSPS) is 22.9. The van der Waals surface area contributed by atoms with E-state index < -0.39 is 0 Å². The highest BCUT2D eigenvalue weighted by Crippen LogP contribution is 2.25. The highest BCUT2D eigenvalue weighted by molar-refractivity contribution is 8.00. The number of nitrogens with zero attached hydrogens (tertiary/aromatic N) is 1. The van der Waals surface area contributed by atoms with E-state index in [1.807, 2.05) is 30.0 Å². The molecule has 1 saturated heterocycles. The fourth-order valence-corrected chi connectivity index (χ4v) is 3.10. The molecular weight excluding hydrogens is 228 g/mol. The topological polar surface area (TPSA) is 15.3 Å². The molecule has 2 nitrogen and oxygen atoms in total. The van der Waals surface area contributed by atoms with Gasteiger partial charge in [0.15, 0.2) is 0 Å². The first-order valence-corrected chi connectivity index (χ1v) is 6.34. The van der Waals surface area contributed by atoms with Crippen molar-refractivity contribution in [3.8, 4) is 0 Å². The van der Waals surface area contributed by atoms with Crippen molar-refractivity contribution >= 4 is 23.4 Å². The Kier molecular flexibility index (Phi) is 3.92. The summed E-state index contributed by atoms with van der Waals surface area (Å²) in [5, 5.41) is 4.78. The van der Waals surface area contributed by atoms with Gasteiger partial charge in [0.2, 0.25) is 0 Å².